The van der Waals surface area contributed by atoms with Gasteiger partial charge in [0.05, 0.1) is 6.61 Å². The molecule has 0 aliphatic carbocycles. The zero-order valence-corrected chi connectivity index (χ0v) is 8.59. The third-order valence-electron chi connectivity index (χ3n) is 2.12. The Morgan fingerprint density at radius 1 is 1.42 bits per heavy atom. The van der Waals surface area contributed by atoms with Crippen LogP contribution in [0.5, 0.6) is 0 Å². The van der Waals surface area contributed by atoms with Gasteiger partial charge in [0.1, 0.15) is 0 Å². The highest BCUT2D eigenvalue weighted by molar-refractivity contribution is 5.70. The molecule has 1 heterocycles. The van der Waals surface area contributed by atoms with Crippen LogP contribution in [0.25, 0.3) is 0 Å². The maximum atomic E-state index is 10.8. The number of hydrogen-bond donors (Lipinski definition) is 0. The Hall–Kier alpha value is -0.530. The molecule has 0 aromatic carbocycles. The van der Waals surface area contributed by atoms with Gasteiger partial charge in [-0.05, 0) is 18.3 Å². The van der Waals surface area contributed by atoms with Gasteiger partial charge in [0.2, 0.25) is 0 Å². The first-order valence-electron chi connectivity index (χ1n) is 4.86. The summed E-state index contributed by atoms with van der Waals surface area (Å²) in [5.41, 5.74) is 0. The molecule has 12 heavy (non-hydrogen) atoms. The molecular weight excluding hydrogens is 152 g/mol. The van der Waals surface area contributed by atoms with Crippen molar-refractivity contribution in [3.8, 4) is 0 Å². The van der Waals surface area contributed by atoms with Crippen LogP contribution in [-0.2, 0) is 9.53 Å². The maximum absolute atomic E-state index is 10.8. The first-order valence-corrected chi connectivity index (χ1v) is 4.86. The van der Waals surface area contributed by atoms with Crippen LogP contribution in [0.15, 0.2) is 0 Å². The SMILES string of the molecule is CC.CC(C)C1CCOC(=O)C1. The van der Waals surface area contributed by atoms with E-state index in [0.29, 0.717) is 24.9 Å². The maximum Gasteiger partial charge on any atom is 0.306 e. The standard InChI is InChI=1S/C8H14O2.C2H6/c1-6(2)7-3-4-10-8(9)5-7;1-2/h6-7H,3-5H2,1-2H3;1-2H3. The molecule has 1 atom stereocenters. The van der Waals surface area contributed by atoms with E-state index in [2.05, 4.69) is 13.8 Å². The molecule has 72 valence electrons. The van der Waals surface area contributed by atoms with Crippen molar-refractivity contribution in [2.75, 3.05) is 6.61 Å². The highest BCUT2D eigenvalue weighted by Crippen LogP contribution is 2.23. The van der Waals surface area contributed by atoms with Crippen molar-refractivity contribution in [3.63, 3.8) is 0 Å². The van der Waals surface area contributed by atoms with Gasteiger partial charge < -0.3 is 4.74 Å². The fourth-order valence-corrected chi connectivity index (χ4v) is 1.27. The van der Waals surface area contributed by atoms with Crippen molar-refractivity contribution in [2.24, 2.45) is 11.8 Å². The van der Waals surface area contributed by atoms with Crippen LogP contribution in [0.2, 0.25) is 0 Å². The summed E-state index contributed by atoms with van der Waals surface area (Å²) in [5.74, 6) is 1.15. The zero-order valence-electron chi connectivity index (χ0n) is 8.59. The van der Waals surface area contributed by atoms with E-state index in [-0.39, 0.29) is 5.97 Å². The molecule has 1 aliphatic heterocycles. The van der Waals surface area contributed by atoms with Crippen molar-refractivity contribution >= 4 is 5.97 Å². The minimum absolute atomic E-state index is 0.0232. The monoisotopic (exact) mass is 172 g/mol. The van der Waals surface area contributed by atoms with Crippen LogP contribution in [0.1, 0.15) is 40.5 Å². The highest BCUT2D eigenvalue weighted by Gasteiger charge is 2.22. The van der Waals surface area contributed by atoms with E-state index in [1.807, 2.05) is 13.8 Å². The molecule has 0 aromatic heterocycles. The van der Waals surface area contributed by atoms with Crippen molar-refractivity contribution in [2.45, 2.75) is 40.5 Å². The Morgan fingerprint density at radius 3 is 2.33 bits per heavy atom. The minimum Gasteiger partial charge on any atom is -0.466 e. The van der Waals surface area contributed by atoms with Crippen LogP contribution in [-0.4, -0.2) is 12.6 Å². The van der Waals surface area contributed by atoms with E-state index in [0.717, 1.165) is 6.42 Å². The van der Waals surface area contributed by atoms with Crippen LogP contribution >= 0.6 is 0 Å². The van der Waals surface area contributed by atoms with E-state index >= 15 is 0 Å². The summed E-state index contributed by atoms with van der Waals surface area (Å²) in [4.78, 5) is 10.8. The minimum atomic E-state index is -0.0232. The third kappa shape index (κ3) is 3.74. The molecule has 0 amide bonds. The Kier molecular flexibility index (Phi) is 5.77. The van der Waals surface area contributed by atoms with E-state index < -0.39 is 0 Å². The van der Waals surface area contributed by atoms with Gasteiger partial charge in [-0.1, -0.05) is 27.7 Å². The van der Waals surface area contributed by atoms with E-state index in [1.54, 1.807) is 0 Å². The molecule has 0 aromatic rings. The van der Waals surface area contributed by atoms with Crippen LogP contribution in [0, 0.1) is 11.8 Å². The predicted molar refractivity (Wildman–Crippen MR) is 49.9 cm³/mol. The van der Waals surface area contributed by atoms with Crippen molar-refractivity contribution < 1.29 is 9.53 Å². The van der Waals surface area contributed by atoms with E-state index in [9.17, 15) is 4.79 Å². The molecule has 2 heteroatoms. The number of cyclic esters (lactones) is 1. The molecule has 0 saturated carbocycles. The fraction of sp³-hybridized carbons (Fsp3) is 0.900. The summed E-state index contributed by atoms with van der Waals surface area (Å²) in [7, 11) is 0. The number of rotatable bonds is 1. The number of esters is 1. The normalized spacial score (nSPS) is 22.8. The molecule has 1 rings (SSSR count). The number of carbonyl (C=O) groups is 1. The molecule has 0 radical (unpaired) electrons. The summed E-state index contributed by atoms with van der Waals surface area (Å²) >= 11 is 0. The molecule has 1 fully saturated rings. The average molecular weight is 172 g/mol. The first-order chi connectivity index (χ1) is 5.70. The van der Waals surface area contributed by atoms with Gasteiger partial charge in [-0.25, -0.2) is 0 Å². The van der Waals surface area contributed by atoms with Gasteiger partial charge in [0.15, 0.2) is 0 Å². The van der Waals surface area contributed by atoms with Crippen molar-refractivity contribution in [1.29, 1.82) is 0 Å². The smallest absolute Gasteiger partial charge is 0.306 e. The average Bonchev–Trinajstić information content (AvgIpc) is 2.08. The van der Waals surface area contributed by atoms with Crippen molar-refractivity contribution in [3.05, 3.63) is 0 Å². The lowest BCUT2D eigenvalue weighted by Gasteiger charge is -2.23. The van der Waals surface area contributed by atoms with Gasteiger partial charge in [-0.15, -0.1) is 0 Å². The van der Waals surface area contributed by atoms with Crippen LogP contribution in [0.3, 0.4) is 0 Å². The molecule has 0 bridgehead atoms. The first kappa shape index (κ1) is 11.5. The van der Waals surface area contributed by atoms with Gasteiger partial charge >= 0.3 is 5.97 Å². The lowest BCUT2D eigenvalue weighted by Crippen LogP contribution is -2.24. The second-order valence-corrected chi connectivity index (χ2v) is 3.22. The summed E-state index contributed by atoms with van der Waals surface area (Å²) in [6.07, 6.45) is 1.67. The Morgan fingerprint density at radius 2 is 2.00 bits per heavy atom. The summed E-state index contributed by atoms with van der Waals surface area (Å²) in [5, 5.41) is 0. The van der Waals surface area contributed by atoms with Gasteiger partial charge in [-0.2, -0.15) is 0 Å². The zero-order chi connectivity index (χ0) is 9.56. The number of hydrogen-bond acceptors (Lipinski definition) is 2. The summed E-state index contributed by atoms with van der Waals surface area (Å²) < 4.78 is 4.82. The van der Waals surface area contributed by atoms with Crippen molar-refractivity contribution in [1.82, 2.24) is 0 Å². The molecule has 0 spiro atoms. The quantitative estimate of drug-likeness (QED) is 0.568. The highest BCUT2D eigenvalue weighted by atomic mass is 16.5. The summed E-state index contributed by atoms with van der Waals surface area (Å²) in [6.45, 7) is 8.94. The molecule has 1 aliphatic rings. The Labute approximate surface area is 75.3 Å². The largest absolute Gasteiger partial charge is 0.466 e. The van der Waals surface area contributed by atoms with Crippen LogP contribution < -0.4 is 0 Å². The number of carbonyl (C=O) groups excluding carboxylic acids is 1. The predicted octanol–water partition coefficient (Wildman–Crippen LogP) is 2.62. The van der Waals surface area contributed by atoms with E-state index in [1.165, 1.54) is 0 Å². The lowest BCUT2D eigenvalue weighted by molar-refractivity contribution is -0.149. The van der Waals surface area contributed by atoms with Gasteiger partial charge in [0.25, 0.3) is 0 Å². The van der Waals surface area contributed by atoms with Crippen LogP contribution in [0.4, 0.5) is 0 Å². The molecule has 0 N–H and O–H groups in total. The molecule has 1 saturated heterocycles. The number of ether oxygens (including phenoxy) is 1. The Bertz CT molecular complexity index is 130. The molecule has 2 nitrogen and oxygen atoms in total. The topological polar surface area (TPSA) is 26.3 Å². The van der Waals surface area contributed by atoms with Gasteiger partial charge in [-0.3, -0.25) is 4.79 Å². The Balaban J connectivity index is 0.000000561. The second kappa shape index (κ2) is 6.04. The molecular formula is C10H20O2. The second-order valence-electron chi connectivity index (χ2n) is 3.22. The third-order valence-corrected chi connectivity index (χ3v) is 2.12. The molecule has 1 unspecified atom stereocenters. The van der Waals surface area contributed by atoms with Gasteiger partial charge in [0, 0.05) is 6.42 Å². The fourth-order valence-electron chi connectivity index (χ4n) is 1.27. The lowest BCUT2D eigenvalue weighted by atomic mass is 9.89. The van der Waals surface area contributed by atoms with E-state index in [4.69, 9.17) is 4.74 Å². The summed E-state index contributed by atoms with van der Waals surface area (Å²) in [6, 6.07) is 0.